The van der Waals surface area contributed by atoms with E-state index in [0.29, 0.717) is 32.9 Å². The number of hydrogen-bond donors (Lipinski definition) is 0. The molecule has 2 aromatic carbocycles. The number of benzene rings is 2. The summed E-state index contributed by atoms with van der Waals surface area (Å²) >= 11 is 1.31. The minimum atomic E-state index is -0.662. The first-order valence-corrected chi connectivity index (χ1v) is 12.8. The third-order valence-corrected chi connectivity index (χ3v) is 7.36. The summed E-state index contributed by atoms with van der Waals surface area (Å²) in [6.45, 7) is 8.29. The molecule has 0 N–H and O–H groups in total. The van der Waals surface area contributed by atoms with Gasteiger partial charge >= 0.3 is 5.97 Å². The maximum Gasteiger partial charge on any atom is 0.338 e. The Balaban J connectivity index is 1.73. The lowest BCUT2D eigenvalue weighted by atomic mass is 9.96. The van der Waals surface area contributed by atoms with Gasteiger partial charge in [0.05, 0.1) is 35.6 Å². The van der Waals surface area contributed by atoms with Crippen LogP contribution in [0.1, 0.15) is 31.0 Å². The van der Waals surface area contributed by atoms with Crippen molar-refractivity contribution in [2.75, 3.05) is 13.7 Å². The second-order valence-corrected chi connectivity index (χ2v) is 9.63. The zero-order valence-corrected chi connectivity index (χ0v) is 21.7. The predicted octanol–water partition coefficient (Wildman–Crippen LogP) is 3.95. The van der Waals surface area contributed by atoms with Crippen molar-refractivity contribution in [2.24, 2.45) is 4.99 Å². The molecule has 0 aliphatic carbocycles. The molecule has 0 saturated carbocycles. The number of nitrogens with zero attached hydrogens (tertiary/aromatic N) is 3. The lowest BCUT2D eigenvalue weighted by molar-refractivity contribution is -0.139. The fourth-order valence-corrected chi connectivity index (χ4v) is 5.75. The molecule has 1 atom stereocenters. The number of carbonyl (C=O) groups excluding carboxylic acids is 1. The third-order valence-electron chi connectivity index (χ3n) is 6.38. The van der Waals surface area contributed by atoms with Gasteiger partial charge in [-0.25, -0.2) is 9.79 Å². The zero-order chi connectivity index (χ0) is 26.1. The van der Waals surface area contributed by atoms with Gasteiger partial charge in [-0.3, -0.25) is 9.36 Å². The Bertz CT molecular complexity index is 1720. The van der Waals surface area contributed by atoms with Crippen LogP contribution in [0, 0.1) is 0 Å². The van der Waals surface area contributed by atoms with Crippen LogP contribution in [0.2, 0.25) is 0 Å². The van der Waals surface area contributed by atoms with Crippen LogP contribution in [0.3, 0.4) is 0 Å². The van der Waals surface area contributed by atoms with Crippen LogP contribution in [0.15, 0.2) is 88.4 Å². The topological polar surface area (TPSA) is 74.8 Å². The summed E-state index contributed by atoms with van der Waals surface area (Å²) in [5.41, 5.74) is 3.46. The van der Waals surface area contributed by atoms with E-state index in [1.807, 2.05) is 60.8 Å². The van der Waals surface area contributed by atoms with Gasteiger partial charge in [-0.15, -0.1) is 6.58 Å². The molecule has 4 aromatic rings. The average Bonchev–Trinajstić information content (AvgIpc) is 3.40. The van der Waals surface area contributed by atoms with Gasteiger partial charge in [0.15, 0.2) is 4.80 Å². The zero-order valence-electron chi connectivity index (χ0n) is 20.9. The fourth-order valence-electron chi connectivity index (χ4n) is 4.71. The third kappa shape index (κ3) is 4.34. The second-order valence-electron chi connectivity index (χ2n) is 8.62. The molecule has 0 saturated heterocycles. The van der Waals surface area contributed by atoms with E-state index in [1.165, 1.54) is 11.3 Å². The SMILES string of the molecule is C=CCn1cc(/C=c2\sc3n(c2=O)[C@H](c2ccc(OC)cc2)C(C(=O)OCC)=C(C)N=3)c2ccccc21. The number of methoxy groups -OCH3 is 1. The first-order valence-electron chi connectivity index (χ1n) is 12.0. The lowest BCUT2D eigenvalue weighted by Crippen LogP contribution is -2.39. The summed E-state index contributed by atoms with van der Waals surface area (Å²) in [4.78, 5) is 32.1. The molecule has 8 heteroatoms. The molecular weight excluding hydrogens is 486 g/mol. The smallest absolute Gasteiger partial charge is 0.338 e. The molecule has 2 aromatic heterocycles. The van der Waals surface area contributed by atoms with Gasteiger partial charge in [0, 0.05) is 29.2 Å². The van der Waals surface area contributed by atoms with E-state index < -0.39 is 12.0 Å². The highest BCUT2D eigenvalue weighted by molar-refractivity contribution is 7.07. The molecule has 37 heavy (non-hydrogen) atoms. The van der Waals surface area contributed by atoms with Crippen molar-refractivity contribution in [3.8, 4) is 5.75 Å². The van der Waals surface area contributed by atoms with Crippen molar-refractivity contribution in [2.45, 2.75) is 26.4 Å². The normalized spacial score (nSPS) is 15.4. The largest absolute Gasteiger partial charge is 0.497 e. The number of allylic oxidation sites excluding steroid dienone is 2. The number of aromatic nitrogens is 2. The molecule has 0 radical (unpaired) electrons. The molecule has 0 unspecified atom stereocenters. The van der Waals surface area contributed by atoms with E-state index in [2.05, 4.69) is 22.2 Å². The van der Waals surface area contributed by atoms with Gasteiger partial charge in [-0.2, -0.15) is 0 Å². The molecule has 0 spiro atoms. The van der Waals surface area contributed by atoms with Crippen LogP contribution < -0.4 is 19.6 Å². The van der Waals surface area contributed by atoms with Crippen molar-refractivity contribution in [3.05, 3.63) is 109 Å². The van der Waals surface area contributed by atoms with Crippen molar-refractivity contribution >= 4 is 34.3 Å². The maximum absolute atomic E-state index is 13.9. The Morgan fingerprint density at radius 3 is 2.65 bits per heavy atom. The molecule has 5 rings (SSSR count). The molecular formula is C29H27N3O4S. The lowest BCUT2D eigenvalue weighted by Gasteiger charge is -2.24. The van der Waals surface area contributed by atoms with Crippen LogP contribution in [-0.2, 0) is 16.1 Å². The summed E-state index contributed by atoms with van der Waals surface area (Å²) in [6.07, 6.45) is 5.78. The number of ether oxygens (including phenoxy) is 2. The van der Waals surface area contributed by atoms with Gasteiger partial charge in [-0.05, 0) is 43.7 Å². The van der Waals surface area contributed by atoms with Crippen molar-refractivity contribution in [1.29, 1.82) is 0 Å². The predicted molar refractivity (Wildman–Crippen MR) is 146 cm³/mol. The van der Waals surface area contributed by atoms with Gasteiger partial charge in [0.1, 0.15) is 5.75 Å². The van der Waals surface area contributed by atoms with Crippen LogP contribution >= 0.6 is 11.3 Å². The van der Waals surface area contributed by atoms with Crippen molar-refractivity contribution in [3.63, 3.8) is 0 Å². The van der Waals surface area contributed by atoms with E-state index >= 15 is 0 Å². The van der Waals surface area contributed by atoms with E-state index in [0.717, 1.165) is 22.0 Å². The second kappa shape index (κ2) is 10.1. The van der Waals surface area contributed by atoms with Crippen molar-refractivity contribution in [1.82, 2.24) is 9.13 Å². The molecule has 7 nitrogen and oxygen atoms in total. The highest BCUT2D eigenvalue weighted by Gasteiger charge is 2.33. The van der Waals surface area contributed by atoms with Crippen LogP contribution in [0.25, 0.3) is 17.0 Å². The van der Waals surface area contributed by atoms with E-state index in [4.69, 9.17) is 9.47 Å². The number of rotatable bonds is 7. The van der Waals surface area contributed by atoms with Crippen LogP contribution in [0.5, 0.6) is 5.75 Å². The number of fused-ring (bicyclic) bond motifs is 2. The molecule has 0 bridgehead atoms. The molecule has 1 aliphatic heterocycles. The summed E-state index contributed by atoms with van der Waals surface area (Å²) in [5.74, 6) is 0.205. The Morgan fingerprint density at radius 2 is 1.95 bits per heavy atom. The first-order chi connectivity index (χ1) is 18.0. The van der Waals surface area contributed by atoms with Crippen LogP contribution in [0.4, 0.5) is 0 Å². The standard InChI is InChI=1S/C29H27N3O4S/c1-5-15-31-17-20(22-9-7-8-10-23(22)31)16-24-27(33)32-26(19-11-13-21(35-4)14-12-19)25(28(34)36-6-2)18(3)30-29(32)37-24/h5,7-14,16-17,26H,1,6,15H2,2-4H3/b24-16-/t26-/m1/s1. The Kier molecular flexibility index (Phi) is 6.67. The van der Waals surface area contributed by atoms with Crippen LogP contribution in [-0.4, -0.2) is 28.8 Å². The first kappa shape index (κ1) is 24.5. The Labute approximate surface area is 217 Å². The van der Waals surface area contributed by atoms with E-state index in [1.54, 1.807) is 25.5 Å². The van der Waals surface area contributed by atoms with E-state index in [9.17, 15) is 9.59 Å². The monoisotopic (exact) mass is 513 g/mol. The maximum atomic E-state index is 13.9. The summed E-state index contributed by atoms with van der Waals surface area (Å²) in [5, 5.41) is 1.05. The number of hydrogen-bond acceptors (Lipinski definition) is 6. The van der Waals surface area contributed by atoms with Gasteiger partial charge in [0.2, 0.25) is 0 Å². The number of para-hydroxylation sites is 1. The molecule has 188 valence electrons. The summed E-state index contributed by atoms with van der Waals surface area (Å²) < 4.78 is 14.9. The molecule has 3 heterocycles. The Hall–Kier alpha value is -4.17. The molecule has 0 amide bonds. The fraction of sp³-hybridized carbons (Fsp3) is 0.207. The average molecular weight is 514 g/mol. The van der Waals surface area contributed by atoms with E-state index in [-0.39, 0.29) is 12.2 Å². The highest BCUT2D eigenvalue weighted by atomic mass is 32.1. The van der Waals surface area contributed by atoms with Gasteiger partial charge in [-0.1, -0.05) is 47.7 Å². The Morgan fingerprint density at radius 1 is 1.19 bits per heavy atom. The summed E-state index contributed by atoms with van der Waals surface area (Å²) in [6, 6.07) is 14.8. The molecule has 1 aliphatic rings. The minimum Gasteiger partial charge on any atom is -0.497 e. The number of thiazole rings is 1. The number of esters is 1. The van der Waals surface area contributed by atoms with Gasteiger partial charge in [0.25, 0.3) is 5.56 Å². The highest BCUT2D eigenvalue weighted by Crippen LogP contribution is 2.31. The molecule has 0 fully saturated rings. The minimum absolute atomic E-state index is 0.209. The van der Waals surface area contributed by atoms with Crippen molar-refractivity contribution < 1.29 is 14.3 Å². The summed E-state index contributed by atoms with van der Waals surface area (Å²) in [7, 11) is 1.60. The quantitative estimate of drug-likeness (QED) is 0.277. The van der Waals surface area contributed by atoms with Gasteiger partial charge < -0.3 is 14.0 Å². The number of carbonyl (C=O) groups is 1.